The molecule has 5 heteroatoms. The zero-order chi connectivity index (χ0) is 13.9. The molecular weight excluding hydrogens is 250 g/mol. The average Bonchev–Trinajstić information content (AvgIpc) is 3.11. The molecular formula is C15H17N5. The maximum absolute atomic E-state index is 4.71. The van der Waals surface area contributed by atoms with Gasteiger partial charge in [0.15, 0.2) is 0 Å². The maximum Gasteiger partial charge on any atom is 0.0743 e. The molecule has 3 aromatic rings. The van der Waals surface area contributed by atoms with Crippen LogP contribution in [0.2, 0.25) is 0 Å². The van der Waals surface area contributed by atoms with E-state index < -0.39 is 0 Å². The van der Waals surface area contributed by atoms with Gasteiger partial charge >= 0.3 is 0 Å². The monoisotopic (exact) mass is 267 g/mol. The second kappa shape index (κ2) is 5.28. The van der Waals surface area contributed by atoms with E-state index in [4.69, 9.17) is 4.98 Å². The normalized spacial score (nSPS) is 11.2. The van der Waals surface area contributed by atoms with Crippen LogP contribution in [0.1, 0.15) is 19.4 Å². The van der Waals surface area contributed by atoms with Crippen molar-refractivity contribution in [3.05, 3.63) is 42.5 Å². The molecule has 0 aliphatic rings. The van der Waals surface area contributed by atoms with Crippen LogP contribution in [-0.2, 0) is 6.42 Å². The Bertz CT molecular complexity index is 616. The number of rotatable bonds is 4. The average molecular weight is 267 g/mol. The highest BCUT2D eigenvalue weighted by Crippen LogP contribution is 2.24. The standard InChI is InChI=1S/C15H17N5/c1-10(2)3-11-4-14(12-6-16-17-7-12)20-15(5-11)13-8-18-19-9-13/h4-10H,3H2,1-2H3,(H,16,17)(H,18,19). The Balaban J connectivity index is 2.08. The highest BCUT2D eigenvalue weighted by atomic mass is 15.1. The summed E-state index contributed by atoms with van der Waals surface area (Å²) in [6, 6.07) is 4.27. The summed E-state index contributed by atoms with van der Waals surface area (Å²) < 4.78 is 0. The van der Waals surface area contributed by atoms with Crippen molar-refractivity contribution >= 4 is 0 Å². The smallest absolute Gasteiger partial charge is 0.0743 e. The molecule has 0 atom stereocenters. The van der Waals surface area contributed by atoms with Gasteiger partial charge in [-0.05, 0) is 30.0 Å². The molecule has 2 N–H and O–H groups in total. The summed E-state index contributed by atoms with van der Waals surface area (Å²) in [4.78, 5) is 4.71. The van der Waals surface area contributed by atoms with Crippen LogP contribution in [0.5, 0.6) is 0 Å². The van der Waals surface area contributed by atoms with E-state index >= 15 is 0 Å². The fraction of sp³-hybridized carbons (Fsp3) is 0.267. The van der Waals surface area contributed by atoms with Crippen LogP contribution in [0.15, 0.2) is 36.9 Å². The molecule has 3 heterocycles. The largest absolute Gasteiger partial charge is 0.285 e. The van der Waals surface area contributed by atoms with Gasteiger partial charge in [0.25, 0.3) is 0 Å². The Morgan fingerprint density at radius 2 is 1.50 bits per heavy atom. The van der Waals surface area contributed by atoms with E-state index in [-0.39, 0.29) is 0 Å². The van der Waals surface area contributed by atoms with Crippen molar-refractivity contribution in [1.29, 1.82) is 0 Å². The van der Waals surface area contributed by atoms with Gasteiger partial charge in [0.05, 0.1) is 23.8 Å². The van der Waals surface area contributed by atoms with Crippen molar-refractivity contribution in [2.45, 2.75) is 20.3 Å². The third-order valence-corrected chi connectivity index (χ3v) is 3.12. The Morgan fingerprint density at radius 1 is 0.950 bits per heavy atom. The first-order valence-electron chi connectivity index (χ1n) is 6.71. The van der Waals surface area contributed by atoms with Gasteiger partial charge in [-0.3, -0.25) is 10.2 Å². The minimum absolute atomic E-state index is 0.604. The highest BCUT2D eigenvalue weighted by molar-refractivity contribution is 5.65. The molecule has 0 spiro atoms. The molecule has 3 rings (SSSR count). The molecule has 0 aliphatic carbocycles. The molecule has 0 aliphatic heterocycles. The number of pyridine rings is 1. The molecule has 0 aromatic carbocycles. The van der Waals surface area contributed by atoms with E-state index in [0.29, 0.717) is 5.92 Å². The Morgan fingerprint density at radius 3 is 1.90 bits per heavy atom. The number of hydrogen-bond acceptors (Lipinski definition) is 3. The highest BCUT2D eigenvalue weighted by Gasteiger charge is 2.09. The number of nitrogens with one attached hydrogen (secondary N) is 2. The Hall–Kier alpha value is -2.43. The van der Waals surface area contributed by atoms with Crippen LogP contribution < -0.4 is 0 Å². The summed E-state index contributed by atoms with van der Waals surface area (Å²) in [6.07, 6.45) is 8.33. The summed E-state index contributed by atoms with van der Waals surface area (Å²) in [7, 11) is 0. The zero-order valence-electron chi connectivity index (χ0n) is 11.6. The lowest BCUT2D eigenvalue weighted by Crippen LogP contribution is -1.97. The van der Waals surface area contributed by atoms with E-state index in [1.807, 2.05) is 12.4 Å². The molecule has 0 bridgehead atoms. The lowest BCUT2D eigenvalue weighted by Gasteiger charge is -2.09. The molecule has 0 unspecified atom stereocenters. The van der Waals surface area contributed by atoms with Crippen molar-refractivity contribution in [3.8, 4) is 22.5 Å². The summed E-state index contributed by atoms with van der Waals surface area (Å²) in [5.74, 6) is 0.604. The summed E-state index contributed by atoms with van der Waals surface area (Å²) in [6.45, 7) is 4.44. The van der Waals surface area contributed by atoms with E-state index in [1.54, 1.807) is 12.4 Å². The van der Waals surface area contributed by atoms with E-state index in [9.17, 15) is 0 Å². The number of nitrogens with zero attached hydrogens (tertiary/aromatic N) is 3. The van der Waals surface area contributed by atoms with E-state index in [1.165, 1.54) is 5.56 Å². The van der Waals surface area contributed by atoms with Gasteiger partial charge in [0.2, 0.25) is 0 Å². The van der Waals surface area contributed by atoms with Gasteiger partial charge in [-0.2, -0.15) is 10.2 Å². The molecule has 0 saturated carbocycles. The van der Waals surface area contributed by atoms with Crippen molar-refractivity contribution in [3.63, 3.8) is 0 Å². The fourth-order valence-electron chi connectivity index (χ4n) is 2.25. The van der Waals surface area contributed by atoms with Gasteiger partial charge in [0.1, 0.15) is 0 Å². The second-order valence-electron chi connectivity index (χ2n) is 5.32. The molecule has 5 nitrogen and oxygen atoms in total. The molecule has 20 heavy (non-hydrogen) atoms. The molecule has 0 fully saturated rings. The summed E-state index contributed by atoms with van der Waals surface area (Å²) in [5.41, 5.74) is 5.16. The number of hydrogen-bond donors (Lipinski definition) is 2. The van der Waals surface area contributed by atoms with Crippen molar-refractivity contribution in [2.75, 3.05) is 0 Å². The van der Waals surface area contributed by atoms with E-state index in [2.05, 4.69) is 46.4 Å². The predicted molar refractivity (Wildman–Crippen MR) is 77.9 cm³/mol. The fourth-order valence-corrected chi connectivity index (χ4v) is 2.25. The van der Waals surface area contributed by atoms with Gasteiger partial charge < -0.3 is 0 Å². The number of aromatic amines is 2. The first-order valence-corrected chi connectivity index (χ1v) is 6.71. The van der Waals surface area contributed by atoms with Gasteiger partial charge in [-0.1, -0.05) is 13.8 Å². The van der Waals surface area contributed by atoms with Gasteiger partial charge in [-0.25, -0.2) is 4.98 Å². The molecule has 102 valence electrons. The summed E-state index contributed by atoms with van der Waals surface area (Å²) >= 11 is 0. The lowest BCUT2D eigenvalue weighted by molar-refractivity contribution is 0.647. The second-order valence-corrected chi connectivity index (χ2v) is 5.32. The lowest BCUT2D eigenvalue weighted by atomic mass is 10.0. The van der Waals surface area contributed by atoms with Crippen molar-refractivity contribution in [1.82, 2.24) is 25.4 Å². The number of aromatic nitrogens is 5. The molecule has 0 amide bonds. The SMILES string of the molecule is CC(C)Cc1cc(-c2cn[nH]c2)nc(-c2cn[nH]c2)c1. The van der Waals surface area contributed by atoms with Crippen LogP contribution in [0.25, 0.3) is 22.5 Å². The van der Waals surface area contributed by atoms with Crippen LogP contribution in [0.3, 0.4) is 0 Å². The van der Waals surface area contributed by atoms with E-state index in [0.717, 1.165) is 28.9 Å². The minimum Gasteiger partial charge on any atom is -0.285 e. The maximum atomic E-state index is 4.71. The molecule has 3 aromatic heterocycles. The molecule has 0 radical (unpaired) electrons. The Kier molecular flexibility index (Phi) is 3.33. The van der Waals surface area contributed by atoms with Crippen LogP contribution in [0, 0.1) is 5.92 Å². The summed E-state index contributed by atoms with van der Waals surface area (Å²) in [5, 5.41) is 13.7. The topological polar surface area (TPSA) is 70.2 Å². The van der Waals surface area contributed by atoms with Crippen LogP contribution >= 0.6 is 0 Å². The third-order valence-electron chi connectivity index (χ3n) is 3.12. The zero-order valence-corrected chi connectivity index (χ0v) is 11.6. The van der Waals surface area contributed by atoms with Crippen molar-refractivity contribution in [2.24, 2.45) is 5.92 Å². The van der Waals surface area contributed by atoms with Crippen LogP contribution in [0.4, 0.5) is 0 Å². The first kappa shape index (κ1) is 12.6. The quantitative estimate of drug-likeness (QED) is 0.763. The predicted octanol–water partition coefficient (Wildman–Crippen LogP) is 3.06. The minimum atomic E-state index is 0.604. The van der Waals surface area contributed by atoms with Crippen molar-refractivity contribution < 1.29 is 0 Å². The Labute approximate surface area is 117 Å². The number of H-pyrrole nitrogens is 2. The van der Waals surface area contributed by atoms with Gasteiger partial charge in [0, 0.05) is 23.5 Å². The van der Waals surface area contributed by atoms with Crippen LogP contribution in [-0.4, -0.2) is 25.4 Å². The molecule has 0 saturated heterocycles. The third kappa shape index (κ3) is 2.61. The first-order chi connectivity index (χ1) is 9.72. The van der Waals surface area contributed by atoms with Gasteiger partial charge in [-0.15, -0.1) is 0 Å².